The number of methoxy groups -OCH3 is 1. The standard InChI is InChI=1S/C19H23N3O4/c1-13-17(20-9-10-25-13)18(23)22-12-14-5-4-8-21-19(14)26-16-7-3-6-15(11-16)24-2/h3-8,11,13,17,20H,9-10,12H2,1-2H3,(H,22,23)/t13-,17+/m1/s1. The number of hydrogen-bond donors (Lipinski definition) is 2. The van der Waals surface area contributed by atoms with Crippen LogP contribution in [0.15, 0.2) is 42.6 Å². The molecule has 1 aromatic heterocycles. The minimum Gasteiger partial charge on any atom is -0.497 e. The third-order valence-corrected chi connectivity index (χ3v) is 4.16. The van der Waals surface area contributed by atoms with Gasteiger partial charge in [-0.3, -0.25) is 4.79 Å². The Labute approximate surface area is 152 Å². The van der Waals surface area contributed by atoms with Crippen LogP contribution in [0, 0.1) is 0 Å². The summed E-state index contributed by atoms with van der Waals surface area (Å²) in [6.45, 7) is 3.49. The first-order valence-corrected chi connectivity index (χ1v) is 8.56. The molecular weight excluding hydrogens is 334 g/mol. The Morgan fingerprint density at radius 1 is 1.35 bits per heavy atom. The molecule has 26 heavy (non-hydrogen) atoms. The van der Waals surface area contributed by atoms with Crippen LogP contribution >= 0.6 is 0 Å². The number of hydrogen-bond acceptors (Lipinski definition) is 6. The van der Waals surface area contributed by atoms with Crippen molar-refractivity contribution in [1.82, 2.24) is 15.6 Å². The van der Waals surface area contributed by atoms with Crippen LogP contribution in [0.2, 0.25) is 0 Å². The lowest BCUT2D eigenvalue weighted by molar-refractivity contribution is -0.129. The van der Waals surface area contributed by atoms with Crippen molar-refractivity contribution in [3.8, 4) is 17.4 Å². The molecule has 7 nitrogen and oxygen atoms in total. The summed E-state index contributed by atoms with van der Waals surface area (Å²) in [7, 11) is 1.60. The van der Waals surface area contributed by atoms with Crippen molar-refractivity contribution in [2.45, 2.75) is 25.6 Å². The van der Waals surface area contributed by atoms with Crippen LogP contribution in [0.25, 0.3) is 0 Å². The van der Waals surface area contributed by atoms with Crippen LogP contribution in [-0.4, -0.2) is 43.3 Å². The number of nitrogens with one attached hydrogen (secondary N) is 2. The average Bonchev–Trinajstić information content (AvgIpc) is 2.67. The smallest absolute Gasteiger partial charge is 0.240 e. The molecule has 7 heteroatoms. The summed E-state index contributed by atoms with van der Waals surface area (Å²) in [4.78, 5) is 16.7. The molecular formula is C19H23N3O4. The predicted octanol–water partition coefficient (Wildman–Crippen LogP) is 1.88. The molecule has 3 rings (SSSR count). The van der Waals surface area contributed by atoms with E-state index >= 15 is 0 Å². The number of aromatic nitrogens is 1. The second kappa shape index (κ2) is 8.64. The van der Waals surface area contributed by atoms with E-state index < -0.39 is 0 Å². The monoisotopic (exact) mass is 357 g/mol. The zero-order chi connectivity index (χ0) is 18.4. The molecule has 1 aliphatic heterocycles. The van der Waals surface area contributed by atoms with E-state index in [0.717, 1.165) is 5.56 Å². The molecule has 138 valence electrons. The number of ether oxygens (including phenoxy) is 3. The van der Waals surface area contributed by atoms with E-state index in [1.807, 2.05) is 37.3 Å². The number of benzene rings is 1. The molecule has 2 atom stereocenters. The zero-order valence-electron chi connectivity index (χ0n) is 14.9. The second-order valence-corrected chi connectivity index (χ2v) is 5.97. The number of morpholine rings is 1. The van der Waals surface area contributed by atoms with Crippen LogP contribution in [0.3, 0.4) is 0 Å². The lowest BCUT2D eigenvalue weighted by atomic mass is 10.1. The van der Waals surface area contributed by atoms with Crippen molar-refractivity contribution in [1.29, 1.82) is 0 Å². The van der Waals surface area contributed by atoms with Crippen molar-refractivity contribution >= 4 is 5.91 Å². The quantitative estimate of drug-likeness (QED) is 0.821. The Hall–Kier alpha value is -2.64. The molecule has 1 aliphatic rings. The third-order valence-electron chi connectivity index (χ3n) is 4.16. The highest BCUT2D eigenvalue weighted by molar-refractivity contribution is 5.82. The highest BCUT2D eigenvalue weighted by Gasteiger charge is 2.28. The lowest BCUT2D eigenvalue weighted by Gasteiger charge is -2.29. The summed E-state index contributed by atoms with van der Waals surface area (Å²) in [6.07, 6.45) is 1.49. The largest absolute Gasteiger partial charge is 0.497 e. The Morgan fingerprint density at radius 2 is 2.19 bits per heavy atom. The molecule has 1 aromatic carbocycles. The number of carbonyl (C=O) groups is 1. The van der Waals surface area contributed by atoms with E-state index in [-0.39, 0.29) is 18.1 Å². The first kappa shape index (κ1) is 18.2. The van der Waals surface area contributed by atoms with Gasteiger partial charge in [-0.25, -0.2) is 4.98 Å². The maximum Gasteiger partial charge on any atom is 0.240 e. The fraction of sp³-hybridized carbons (Fsp3) is 0.368. The number of nitrogens with zero attached hydrogens (tertiary/aromatic N) is 1. The second-order valence-electron chi connectivity index (χ2n) is 5.97. The number of carbonyl (C=O) groups excluding carboxylic acids is 1. The summed E-state index contributed by atoms with van der Waals surface area (Å²) < 4.78 is 16.6. The summed E-state index contributed by atoms with van der Waals surface area (Å²) in [5.41, 5.74) is 0.785. The van der Waals surface area contributed by atoms with E-state index in [0.29, 0.717) is 37.1 Å². The van der Waals surface area contributed by atoms with Crippen molar-refractivity contribution in [3.05, 3.63) is 48.2 Å². The normalized spacial score (nSPS) is 19.6. The minimum atomic E-state index is -0.358. The SMILES string of the molecule is COc1cccc(Oc2ncccc2CNC(=O)[C@H]2NCCO[C@@H]2C)c1. The zero-order valence-corrected chi connectivity index (χ0v) is 14.9. The summed E-state index contributed by atoms with van der Waals surface area (Å²) in [5, 5.41) is 6.10. The predicted molar refractivity (Wildman–Crippen MR) is 96.4 cm³/mol. The van der Waals surface area contributed by atoms with Gasteiger partial charge in [0, 0.05) is 30.9 Å². The van der Waals surface area contributed by atoms with Gasteiger partial charge in [0.15, 0.2) is 0 Å². The highest BCUT2D eigenvalue weighted by Crippen LogP contribution is 2.26. The number of pyridine rings is 1. The Bertz CT molecular complexity index is 753. The first-order chi connectivity index (χ1) is 12.7. The molecule has 0 unspecified atom stereocenters. The van der Waals surface area contributed by atoms with Crippen molar-refractivity contribution < 1.29 is 19.0 Å². The fourth-order valence-electron chi connectivity index (χ4n) is 2.75. The van der Waals surface area contributed by atoms with Crippen molar-refractivity contribution in [2.75, 3.05) is 20.3 Å². The molecule has 2 N–H and O–H groups in total. The maximum absolute atomic E-state index is 12.4. The lowest BCUT2D eigenvalue weighted by Crippen LogP contribution is -2.55. The van der Waals surface area contributed by atoms with Gasteiger partial charge in [-0.15, -0.1) is 0 Å². The third kappa shape index (κ3) is 4.50. The molecule has 0 saturated carbocycles. The molecule has 0 aliphatic carbocycles. The molecule has 1 amide bonds. The van der Waals surface area contributed by atoms with Crippen molar-refractivity contribution in [2.24, 2.45) is 0 Å². The van der Waals surface area contributed by atoms with Crippen LogP contribution < -0.4 is 20.1 Å². The van der Waals surface area contributed by atoms with Crippen LogP contribution in [0.4, 0.5) is 0 Å². The van der Waals surface area contributed by atoms with Gasteiger partial charge in [0.25, 0.3) is 0 Å². The van der Waals surface area contributed by atoms with Gasteiger partial charge in [0.1, 0.15) is 17.5 Å². The van der Waals surface area contributed by atoms with Crippen LogP contribution in [-0.2, 0) is 16.1 Å². The number of rotatable bonds is 6. The van der Waals surface area contributed by atoms with Gasteiger partial charge in [0.05, 0.1) is 19.8 Å². The van der Waals surface area contributed by atoms with Gasteiger partial charge in [-0.2, -0.15) is 0 Å². The van der Waals surface area contributed by atoms with Gasteiger partial charge < -0.3 is 24.8 Å². The van der Waals surface area contributed by atoms with Crippen LogP contribution in [0.5, 0.6) is 17.4 Å². The van der Waals surface area contributed by atoms with E-state index in [4.69, 9.17) is 14.2 Å². The Balaban J connectivity index is 1.66. The molecule has 0 bridgehead atoms. The molecule has 0 radical (unpaired) electrons. The molecule has 1 fully saturated rings. The molecule has 1 saturated heterocycles. The van der Waals surface area contributed by atoms with E-state index in [2.05, 4.69) is 15.6 Å². The topological polar surface area (TPSA) is 81.7 Å². The summed E-state index contributed by atoms with van der Waals surface area (Å²) >= 11 is 0. The fourth-order valence-corrected chi connectivity index (χ4v) is 2.75. The Morgan fingerprint density at radius 3 is 3.00 bits per heavy atom. The van der Waals surface area contributed by atoms with Crippen LogP contribution in [0.1, 0.15) is 12.5 Å². The van der Waals surface area contributed by atoms with Gasteiger partial charge in [-0.1, -0.05) is 12.1 Å². The highest BCUT2D eigenvalue weighted by atomic mass is 16.5. The molecule has 2 aromatic rings. The minimum absolute atomic E-state index is 0.103. The van der Waals surface area contributed by atoms with E-state index in [1.54, 1.807) is 19.4 Å². The van der Waals surface area contributed by atoms with Crippen molar-refractivity contribution in [3.63, 3.8) is 0 Å². The maximum atomic E-state index is 12.4. The van der Waals surface area contributed by atoms with E-state index in [1.165, 1.54) is 0 Å². The molecule has 0 spiro atoms. The number of amides is 1. The van der Waals surface area contributed by atoms with Gasteiger partial charge in [0.2, 0.25) is 11.8 Å². The van der Waals surface area contributed by atoms with Gasteiger partial charge >= 0.3 is 0 Å². The Kier molecular flexibility index (Phi) is 6.04. The average molecular weight is 357 g/mol. The van der Waals surface area contributed by atoms with E-state index in [9.17, 15) is 4.79 Å². The molecule has 2 heterocycles. The van der Waals surface area contributed by atoms with Gasteiger partial charge in [-0.05, 0) is 25.1 Å². The summed E-state index contributed by atoms with van der Waals surface area (Å²) in [5.74, 6) is 1.66. The summed E-state index contributed by atoms with van der Waals surface area (Å²) in [6, 6.07) is 10.6. The first-order valence-electron chi connectivity index (χ1n) is 8.56.